The molecule has 1 aromatic heterocycles. The fourth-order valence-corrected chi connectivity index (χ4v) is 3.90. The molecule has 0 radical (unpaired) electrons. The molecule has 2 aromatic carbocycles. The molecule has 6 nitrogen and oxygen atoms in total. The number of carbonyl (C=O) groups excluding carboxylic acids is 2. The van der Waals surface area contributed by atoms with E-state index >= 15 is 0 Å². The molecule has 0 fully saturated rings. The molecular formula is C22H21FN4O2. The minimum Gasteiger partial charge on any atom is -0.339 e. The highest BCUT2D eigenvalue weighted by molar-refractivity contribution is 6.03. The van der Waals surface area contributed by atoms with Crippen LogP contribution in [-0.2, 0) is 11.8 Å². The molecule has 148 valence electrons. The number of anilines is 1. The van der Waals surface area contributed by atoms with E-state index < -0.39 is 12.0 Å². The Morgan fingerprint density at radius 3 is 2.59 bits per heavy atom. The Balaban J connectivity index is 1.78. The molecule has 29 heavy (non-hydrogen) atoms. The normalized spacial score (nSPS) is 18.1. The summed E-state index contributed by atoms with van der Waals surface area (Å²) in [4.78, 5) is 25.8. The molecule has 0 bridgehead atoms. The van der Waals surface area contributed by atoms with Gasteiger partial charge >= 0.3 is 0 Å². The summed E-state index contributed by atoms with van der Waals surface area (Å²) in [5.74, 6) is -0.941. The summed E-state index contributed by atoms with van der Waals surface area (Å²) >= 11 is 0. The number of rotatable bonds is 3. The number of aromatic nitrogens is 2. The molecule has 1 aliphatic rings. The highest BCUT2D eigenvalue weighted by Gasteiger charge is 2.41. The molecule has 0 spiro atoms. The van der Waals surface area contributed by atoms with Crippen LogP contribution in [0.4, 0.5) is 10.2 Å². The number of nitrogens with one attached hydrogen (secondary N) is 2. The van der Waals surface area contributed by atoms with Crippen LogP contribution in [0.25, 0.3) is 0 Å². The van der Waals surface area contributed by atoms with Crippen molar-refractivity contribution in [2.75, 3.05) is 5.32 Å². The van der Waals surface area contributed by atoms with Gasteiger partial charge in [-0.2, -0.15) is 5.10 Å². The highest BCUT2D eigenvalue weighted by atomic mass is 19.1. The molecule has 3 aromatic rings. The number of nitrogens with zero attached hydrogens (tertiary/aromatic N) is 2. The third kappa shape index (κ3) is 3.40. The maximum absolute atomic E-state index is 13.5. The fraction of sp³-hybridized carbons (Fsp3) is 0.227. The summed E-state index contributed by atoms with van der Waals surface area (Å²) in [5, 5.41) is 10.1. The van der Waals surface area contributed by atoms with Crippen molar-refractivity contribution in [3.05, 3.63) is 82.3 Å². The van der Waals surface area contributed by atoms with E-state index in [1.165, 1.54) is 12.1 Å². The maximum Gasteiger partial charge on any atom is 0.251 e. The van der Waals surface area contributed by atoms with Gasteiger partial charge in [-0.3, -0.25) is 14.3 Å². The lowest BCUT2D eigenvalue weighted by molar-refractivity contribution is -0.118. The Labute approximate surface area is 167 Å². The number of hydrogen-bond donors (Lipinski definition) is 2. The Hall–Kier alpha value is -3.48. The predicted molar refractivity (Wildman–Crippen MR) is 107 cm³/mol. The van der Waals surface area contributed by atoms with E-state index in [4.69, 9.17) is 0 Å². The van der Waals surface area contributed by atoms with Gasteiger partial charge in [-0.25, -0.2) is 4.39 Å². The number of hydrogen-bond acceptors (Lipinski definition) is 3. The second-order valence-electron chi connectivity index (χ2n) is 7.31. The van der Waals surface area contributed by atoms with Gasteiger partial charge in [-0.1, -0.05) is 29.8 Å². The van der Waals surface area contributed by atoms with E-state index in [-0.39, 0.29) is 17.6 Å². The quantitative estimate of drug-likeness (QED) is 0.719. The highest BCUT2D eigenvalue weighted by Crippen LogP contribution is 2.39. The number of fused-ring (bicyclic) bond motifs is 1. The zero-order valence-electron chi connectivity index (χ0n) is 16.4. The van der Waals surface area contributed by atoms with Crippen LogP contribution in [0, 0.1) is 19.7 Å². The first-order chi connectivity index (χ1) is 13.8. The number of amides is 2. The molecule has 0 saturated carbocycles. The van der Waals surface area contributed by atoms with Crippen LogP contribution in [0.2, 0.25) is 0 Å². The smallest absolute Gasteiger partial charge is 0.251 e. The topological polar surface area (TPSA) is 76.0 Å². The summed E-state index contributed by atoms with van der Waals surface area (Å²) in [6, 6.07) is 12.3. The first kappa shape index (κ1) is 18.9. The minimum atomic E-state index is -0.858. The Kier molecular flexibility index (Phi) is 4.66. The molecule has 0 aliphatic carbocycles. The summed E-state index contributed by atoms with van der Waals surface area (Å²) in [6.45, 7) is 3.75. The van der Waals surface area contributed by atoms with Gasteiger partial charge in [0.25, 0.3) is 5.91 Å². The lowest BCUT2D eigenvalue weighted by atomic mass is 9.82. The van der Waals surface area contributed by atoms with Gasteiger partial charge in [0, 0.05) is 24.1 Å². The van der Waals surface area contributed by atoms with Crippen LogP contribution in [0.5, 0.6) is 0 Å². The first-order valence-corrected chi connectivity index (χ1v) is 9.32. The number of carbonyl (C=O) groups is 2. The summed E-state index contributed by atoms with van der Waals surface area (Å²) in [5.41, 5.74) is 3.71. The van der Waals surface area contributed by atoms with E-state index in [1.807, 2.05) is 19.9 Å². The molecule has 4 rings (SSSR count). The van der Waals surface area contributed by atoms with Crippen molar-refractivity contribution in [3.8, 4) is 0 Å². The van der Waals surface area contributed by atoms with E-state index in [2.05, 4.69) is 15.7 Å². The number of halogens is 1. The molecule has 2 atom stereocenters. The fourth-order valence-electron chi connectivity index (χ4n) is 3.90. The summed E-state index contributed by atoms with van der Waals surface area (Å²) in [6.07, 6.45) is 0. The first-order valence-electron chi connectivity index (χ1n) is 9.32. The zero-order chi connectivity index (χ0) is 20.7. The van der Waals surface area contributed by atoms with Gasteiger partial charge in [-0.15, -0.1) is 0 Å². The minimum absolute atomic E-state index is 0.337. The predicted octanol–water partition coefficient (Wildman–Crippen LogP) is 3.06. The molecule has 0 saturated heterocycles. The van der Waals surface area contributed by atoms with Gasteiger partial charge in [0.15, 0.2) is 0 Å². The van der Waals surface area contributed by atoms with E-state index in [9.17, 15) is 14.0 Å². The van der Waals surface area contributed by atoms with Crippen LogP contribution in [0.15, 0.2) is 48.5 Å². The van der Waals surface area contributed by atoms with Crippen molar-refractivity contribution in [1.82, 2.24) is 15.1 Å². The van der Waals surface area contributed by atoms with Gasteiger partial charge in [0.05, 0.1) is 5.69 Å². The average molecular weight is 392 g/mol. The molecule has 2 heterocycles. The third-order valence-corrected chi connectivity index (χ3v) is 5.23. The van der Waals surface area contributed by atoms with Crippen LogP contribution < -0.4 is 10.6 Å². The number of aryl methyl sites for hydroxylation is 3. The van der Waals surface area contributed by atoms with E-state index in [1.54, 1.807) is 42.1 Å². The average Bonchev–Trinajstić information content (AvgIpc) is 2.96. The summed E-state index contributed by atoms with van der Waals surface area (Å²) in [7, 11) is 1.75. The van der Waals surface area contributed by atoms with Crippen LogP contribution in [-0.4, -0.2) is 27.6 Å². The monoisotopic (exact) mass is 392 g/mol. The van der Waals surface area contributed by atoms with Crippen molar-refractivity contribution in [2.45, 2.75) is 25.8 Å². The standard InChI is InChI=1S/C22H21FN4O2/c1-12-5-4-6-15(11-12)21(28)24-19-18(14-7-9-16(23)10-8-14)17-13(2)26-27(3)20(17)25-22(19)29/h4-11,18-19H,1-3H3,(H,24,28)(H,25,29)/t18-,19-/m0/s1. The molecule has 1 aliphatic heterocycles. The van der Waals surface area contributed by atoms with Gasteiger partial charge in [0.2, 0.25) is 5.91 Å². The van der Waals surface area contributed by atoms with E-state index in [0.29, 0.717) is 11.4 Å². The third-order valence-electron chi connectivity index (χ3n) is 5.23. The lowest BCUT2D eigenvalue weighted by Crippen LogP contribution is -2.50. The largest absolute Gasteiger partial charge is 0.339 e. The van der Waals surface area contributed by atoms with Crippen molar-refractivity contribution in [2.24, 2.45) is 7.05 Å². The molecule has 2 N–H and O–H groups in total. The van der Waals surface area contributed by atoms with Crippen LogP contribution >= 0.6 is 0 Å². The molecule has 0 unspecified atom stereocenters. The summed E-state index contributed by atoms with van der Waals surface area (Å²) < 4.78 is 15.1. The van der Waals surface area contributed by atoms with Crippen LogP contribution in [0.1, 0.15) is 38.7 Å². The Bertz CT molecular complexity index is 1100. The van der Waals surface area contributed by atoms with Crippen molar-refractivity contribution >= 4 is 17.6 Å². The van der Waals surface area contributed by atoms with Crippen molar-refractivity contribution in [1.29, 1.82) is 0 Å². The SMILES string of the molecule is Cc1cccc(C(=O)N[C@@H]2C(=O)Nc3c(c(C)nn3C)[C@@H]2c2ccc(F)cc2)c1. The van der Waals surface area contributed by atoms with Crippen molar-refractivity contribution in [3.63, 3.8) is 0 Å². The second kappa shape index (κ2) is 7.16. The molecular weight excluding hydrogens is 371 g/mol. The Morgan fingerprint density at radius 1 is 1.17 bits per heavy atom. The molecule has 2 amide bonds. The van der Waals surface area contributed by atoms with Gasteiger partial charge < -0.3 is 10.6 Å². The van der Waals surface area contributed by atoms with E-state index in [0.717, 1.165) is 22.4 Å². The lowest BCUT2D eigenvalue weighted by Gasteiger charge is -2.32. The second-order valence-corrected chi connectivity index (χ2v) is 7.31. The maximum atomic E-state index is 13.5. The zero-order valence-corrected chi connectivity index (χ0v) is 16.4. The van der Waals surface area contributed by atoms with Gasteiger partial charge in [-0.05, 0) is 43.7 Å². The Morgan fingerprint density at radius 2 is 1.90 bits per heavy atom. The molecule has 7 heteroatoms. The van der Waals surface area contributed by atoms with Crippen molar-refractivity contribution < 1.29 is 14.0 Å². The number of benzene rings is 2. The van der Waals surface area contributed by atoms with Crippen LogP contribution in [0.3, 0.4) is 0 Å². The van der Waals surface area contributed by atoms with Gasteiger partial charge in [0.1, 0.15) is 17.7 Å².